The van der Waals surface area contributed by atoms with E-state index >= 15 is 0 Å². The van der Waals surface area contributed by atoms with E-state index < -0.39 is 0 Å². The van der Waals surface area contributed by atoms with Gasteiger partial charge in [-0.3, -0.25) is 0 Å². The van der Waals surface area contributed by atoms with Gasteiger partial charge < -0.3 is 44.4 Å². The van der Waals surface area contributed by atoms with Crippen LogP contribution in [0.1, 0.15) is 24.0 Å². The summed E-state index contributed by atoms with van der Waals surface area (Å²) in [6, 6.07) is 7.79. The molecule has 0 aromatic heterocycles. The summed E-state index contributed by atoms with van der Waals surface area (Å²) >= 11 is 0. The fourth-order valence-electron chi connectivity index (χ4n) is 3.85. The largest absolute Gasteiger partial charge is 0.493 e. The van der Waals surface area contributed by atoms with Crippen molar-refractivity contribution in [3.8, 4) is 34.5 Å². The van der Waals surface area contributed by atoms with Gasteiger partial charge in [0.1, 0.15) is 0 Å². The summed E-state index contributed by atoms with van der Waals surface area (Å²) < 4.78 is 32.6. The SMILES string of the molecule is COc1ccc(CNCCCNCCCNCc2ccc(OC)c(OC)c2OC)c(OC)c1OC. The molecule has 2 aromatic rings. The normalized spacial score (nSPS) is 10.7. The van der Waals surface area contributed by atoms with Crippen molar-refractivity contribution in [1.82, 2.24) is 16.0 Å². The number of hydrogen-bond donors (Lipinski definition) is 3. The molecule has 2 rings (SSSR count). The molecule has 0 bridgehead atoms. The average Bonchev–Trinajstić information content (AvgIpc) is 2.90. The highest BCUT2D eigenvalue weighted by atomic mass is 16.5. The molecule has 0 saturated carbocycles. The van der Waals surface area contributed by atoms with E-state index in [0.717, 1.165) is 50.1 Å². The minimum Gasteiger partial charge on any atom is -0.493 e. The van der Waals surface area contributed by atoms with E-state index in [9.17, 15) is 0 Å². The third-order valence-corrected chi connectivity index (χ3v) is 5.62. The molecule has 196 valence electrons. The smallest absolute Gasteiger partial charge is 0.203 e. The quantitative estimate of drug-likeness (QED) is 0.272. The maximum atomic E-state index is 5.53. The van der Waals surface area contributed by atoms with E-state index in [1.165, 1.54) is 0 Å². The lowest BCUT2D eigenvalue weighted by molar-refractivity contribution is 0.321. The zero-order valence-electron chi connectivity index (χ0n) is 21.9. The van der Waals surface area contributed by atoms with Gasteiger partial charge in [-0.05, 0) is 51.2 Å². The first-order chi connectivity index (χ1) is 17.1. The maximum Gasteiger partial charge on any atom is 0.203 e. The lowest BCUT2D eigenvalue weighted by atomic mass is 10.1. The zero-order chi connectivity index (χ0) is 25.5. The summed E-state index contributed by atoms with van der Waals surface area (Å²) in [6.07, 6.45) is 2.07. The molecular weight excluding hydrogens is 450 g/mol. The molecule has 0 amide bonds. The van der Waals surface area contributed by atoms with Crippen LogP contribution in [0.2, 0.25) is 0 Å². The van der Waals surface area contributed by atoms with Crippen molar-refractivity contribution < 1.29 is 28.4 Å². The molecule has 0 radical (unpaired) electrons. The number of rotatable bonds is 18. The highest BCUT2D eigenvalue weighted by molar-refractivity contribution is 5.56. The van der Waals surface area contributed by atoms with Crippen molar-refractivity contribution in [3.63, 3.8) is 0 Å². The lowest BCUT2D eigenvalue weighted by Gasteiger charge is -2.16. The van der Waals surface area contributed by atoms with Gasteiger partial charge in [-0.2, -0.15) is 0 Å². The molecule has 0 spiro atoms. The van der Waals surface area contributed by atoms with E-state index in [1.807, 2.05) is 24.3 Å². The minimum atomic E-state index is 0.620. The van der Waals surface area contributed by atoms with Crippen molar-refractivity contribution in [2.45, 2.75) is 25.9 Å². The van der Waals surface area contributed by atoms with Crippen molar-refractivity contribution in [3.05, 3.63) is 35.4 Å². The van der Waals surface area contributed by atoms with Crippen LogP contribution in [0.5, 0.6) is 34.5 Å². The number of benzene rings is 2. The van der Waals surface area contributed by atoms with Gasteiger partial charge in [-0.15, -0.1) is 0 Å². The summed E-state index contributed by atoms with van der Waals surface area (Å²) in [6.45, 7) is 5.13. The number of hydrogen-bond acceptors (Lipinski definition) is 9. The molecule has 0 aliphatic rings. The van der Waals surface area contributed by atoms with E-state index in [-0.39, 0.29) is 0 Å². The summed E-state index contributed by atoms with van der Waals surface area (Å²) in [4.78, 5) is 0. The van der Waals surface area contributed by atoms with Gasteiger partial charge in [-0.25, -0.2) is 0 Å². The Morgan fingerprint density at radius 2 is 0.829 bits per heavy atom. The molecule has 0 atom stereocenters. The lowest BCUT2D eigenvalue weighted by Crippen LogP contribution is -2.25. The van der Waals surface area contributed by atoms with Crippen LogP contribution in [0, 0.1) is 0 Å². The van der Waals surface area contributed by atoms with Gasteiger partial charge in [0.05, 0.1) is 42.7 Å². The molecule has 0 saturated heterocycles. The van der Waals surface area contributed by atoms with Gasteiger partial charge in [0.2, 0.25) is 11.5 Å². The molecule has 0 unspecified atom stereocenters. The summed E-state index contributed by atoms with van der Waals surface area (Å²) in [5, 5.41) is 10.4. The molecular formula is C26H41N3O6. The Labute approximate surface area is 209 Å². The Morgan fingerprint density at radius 3 is 1.17 bits per heavy atom. The first kappa shape index (κ1) is 28.4. The fourth-order valence-corrected chi connectivity index (χ4v) is 3.85. The van der Waals surface area contributed by atoms with Crippen LogP contribution < -0.4 is 44.4 Å². The maximum absolute atomic E-state index is 5.53. The van der Waals surface area contributed by atoms with Crippen molar-refractivity contribution in [2.24, 2.45) is 0 Å². The third-order valence-electron chi connectivity index (χ3n) is 5.62. The van der Waals surface area contributed by atoms with E-state index in [1.54, 1.807) is 42.7 Å². The predicted molar refractivity (Wildman–Crippen MR) is 138 cm³/mol. The van der Waals surface area contributed by atoms with Gasteiger partial charge in [-0.1, -0.05) is 12.1 Å². The highest BCUT2D eigenvalue weighted by Gasteiger charge is 2.16. The number of methoxy groups -OCH3 is 6. The highest BCUT2D eigenvalue weighted by Crippen LogP contribution is 2.40. The minimum absolute atomic E-state index is 0.620. The monoisotopic (exact) mass is 491 g/mol. The van der Waals surface area contributed by atoms with Crippen LogP contribution in [-0.4, -0.2) is 68.8 Å². The Hall–Kier alpha value is -2.88. The molecule has 9 nitrogen and oxygen atoms in total. The second kappa shape index (κ2) is 15.9. The van der Waals surface area contributed by atoms with Gasteiger partial charge in [0, 0.05) is 24.2 Å². The van der Waals surface area contributed by atoms with Crippen LogP contribution in [-0.2, 0) is 13.1 Å². The second-order valence-corrected chi connectivity index (χ2v) is 7.80. The van der Waals surface area contributed by atoms with E-state index in [0.29, 0.717) is 47.6 Å². The van der Waals surface area contributed by atoms with Crippen molar-refractivity contribution >= 4 is 0 Å². The van der Waals surface area contributed by atoms with E-state index in [2.05, 4.69) is 16.0 Å². The van der Waals surface area contributed by atoms with Crippen LogP contribution in [0.25, 0.3) is 0 Å². The Bertz CT molecular complexity index is 822. The molecule has 0 fully saturated rings. The first-order valence-corrected chi connectivity index (χ1v) is 11.8. The second-order valence-electron chi connectivity index (χ2n) is 7.80. The summed E-state index contributed by atoms with van der Waals surface area (Å²) in [7, 11) is 9.76. The average molecular weight is 492 g/mol. The number of ether oxygens (including phenoxy) is 6. The third kappa shape index (κ3) is 8.09. The predicted octanol–water partition coefficient (Wildman–Crippen LogP) is 2.99. The van der Waals surface area contributed by atoms with Crippen LogP contribution >= 0.6 is 0 Å². The molecule has 35 heavy (non-hydrogen) atoms. The van der Waals surface area contributed by atoms with Crippen molar-refractivity contribution in [1.29, 1.82) is 0 Å². The van der Waals surface area contributed by atoms with Gasteiger partial charge >= 0.3 is 0 Å². The Kier molecular flexibility index (Phi) is 12.9. The van der Waals surface area contributed by atoms with Gasteiger partial charge in [0.25, 0.3) is 0 Å². The van der Waals surface area contributed by atoms with Crippen molar-refractivity contribution in [2.75, 3.05) is 68.8 Å². The molecule has 0 aliphatic heterocycles. The number of nitrogens with one attached hydrogen (secondary N) is 3. The summed E-state index contributed by atoms with van der Waals surface area (Å²) in [5.74, 6) is 3.97. The van der Waals surface area contributed by atoms with Gasteiger partial charge in [0.15, 0.2) is 23.0 Å². The van der Waals surface area contributed by atoms with Crippen LogP contribution in [0.4, 0.5) is 0 Å². The molecule has 2 aromatic carbocycles. The van der Waals surface area contributed by atoms with Crippen LogP contribution in [0.3, 0.4) is 0 Å². The molecule has 9 heteroatoms. The standard InChI is InChI=1S/C26H41N3O6/c1-30-21-11-9-19(23(32-3)25(21)34-5)17-28-15-7-13-27-14-8-16-29-18-20-10-12-22(31-2)26(35-6)24(20)33-4/h9-12,27-29H,7-8,13-18H2,1-6H3. The van der Waals surface area contributed by atoms with E-state index in [4.69, 9.17) is 28.4 Å². The summed E-state index contributed by atoms with van der Waals surface area (Å²) in [5.41, 5.74) is 2.07. The molecule has 0 aliphatic carbocycles. The fraction of sp³-hybridized carbons (Fsp3) is 0.538. The zero-order valence-corrected chi connectivity index (χ0v) is 21.9. The Morgan fingerprint density at radius 1 is 0.457 bits per heavy atom. The van der Waals surface area contributed by atoms with Crippen LogP contribution in [0.15, 0.2) is 24.3 Å². The Balaban J connectivity index is 1.60. The first-order valence-electron chi connectivity index (χ1n) is 11.8. The molecule has 0 heterocycles. The molecule has 3 N–H and O–H groups in total. The topological polar surface area (TPSA) is 91.5 Å².